The van der Waals surface area contributed by atoms with Crippen LogP contribution in [0.15, 0.2) is 72.8 Å². The lowest BCUT2D eigenvalue weighted by molar-refractivity contribution is 0.0696. The summed E-state index contributed by atoms with van der Waals surface area (Å²) in [4.78, 5) is 15.5. The Balaban J connectivity index is 0.000000173. The Labute approximate surface area is 416 Å². The van der Waals surface area contributed by atoms with Crippen molar-refractivity contribution in [2.75, 3.05) is 61.6 Å². The van der Waals surface area contributed by atoms with Crippen molar-refractivity contribution in [3.63, 3.8) is 0 Å². The van der Waals surface area contributed by atoms with Gasteiger partial charge >= 0.3 is 5.97 Å². The first-order valence-electron chi connectivity index (χ1n) is 24.0. The number of phenolic OH excluding ortho intramolecular Hbond substituents is 1. The number of phenols is 1. The first-order valence-corrected chi connectivity index (χ1v) is 27.7. The molecule has 0 fully saturated rings. The summed E-state index contributed by atoms with van der Waals surface area (Å²) in [5.41, 5.74) is 15.5. The highest BCUT2D eigenvalue weighted by atomic mass is 32.2. The van der Waals surface area contributed by atoms with E-state index >= 15 is 0 Å². The SMILES string of the molecule is CS(=O)(=O)O.CS(=O)(=O)[O-].N#Cc1ccccc1C(=O)O.N#Cc1ccccc1C1=c2cc3c4c(c2Oc2c1cc1c5c2CCCN5CCC1)CCC[N+]=4CCC3.Oc1ccc2c3c1CCCN3CCC2.[2HH]. The number of aromatic hydroxyl groups is 1. The maximum Gasteiger partial charge on any atom is 0.337 e. The highest BCUT2D eigenvalue weighted by Crippen LogP contribution is 2.49. The molecule has 5 aromatic rings. The van der Waals surface area contributed by atoms with E-state index < -0.39 is 26.2 Å². The van der Waals surface area contributed by atoms with Crippen molar-refractivity contribution in [1.82, 2.24) is 4.58 Å². The third kappa shape index (κ3) is 11.4. The van der Waals surface area contributed by atoms with E-state index in [9.17, 15) is 23.6 Å². The Morgan fingerprint density at radius 2 is 1.20 bits per heavy atom. The fourth-order valence-corrected chi connectivity index (χ4v) is 11.1. The fourth-order valence-electron chi connectivity index (χ4n) is 11.1. The van der Waals surface area contributed by atoms with E-state index in [-0.39, 0.29) is 12.6 Å². The smallest absolute Gasteiger partial charge is 0.337 e. The number of rotatable bonds is 2. The quantitative estimate of drug-likeness (QED) is 0.129. The highest BCUT2D eigenvalue weighted by Gasteiger charge is 2.36. The molecule has 7 aliphatic heterocycles. The van der Waals surface area contributed by atoms with Gasteiger partial charge in [-0.15, -0.1) is 0 Å². The molecule has 0 bridgehead atoms. The summed E-state index contributed by atoms with van der Waals surface area (Å²) in [7, 11) is -7.58. The van der Waals surface area contributed by atoms with Crippen LogP contribution >= 0.6 is 0 Å². The highest BCUT2D eigenvalue weighted by molar-refractivity contribution is 7.85. The molecule has 3 N–H and O–H groups in total. The maximum atomic E-state index is 10.4. The fraction of sp³-hybridized carbons (Fsp3) is 0.370. The molecule has 0 aliphatic carbocycles. The summed E-state index contributed by atoms with van der Waals surface area (Å²) in [5.74, 6) is 1.54. The van der Waals surface area contributed by atoms with Crippen LogP contribution in [0, 0.1) is 22.7 Å². The third-order valence-electron chi connectivity index (χ3n) is 13.7. The number of aromatic carboxylic acids is 1. The third-order valence-corrected chi connectivity index (χ3v) is 13.7. The first-order chi connectivity index (χ1) is 33.9. The van der Waals surface area contributed by atoms with Gasteiger partial charge in [0.25, 0.3) is 10.1 Å². The molecular weight excluding hydrogens is 943 g/mol. The van der Waals surface area contributed by atoms with Crippen molar-refractivity contribution in [1.29, 1.82) is 10.5 Å². The molecule has 15 nitrogen and oxygen atoms in total. The molecule has 12 rings (SSSR count). The number of benzene rings is 5. The van der Waals surface area contributed by atoms with Crippen LogP contribution in [0.1, 0.15) is 106 Å². The number of nitriles is 2. The zero-order chi connectivity index (χ0) is 50.6. The van der Waals surface area contributed by atoms with E-state index in [1.165, 1.54) is 137 Å². The van der Waals surface area contributed by atoms with Gasteiger partial charge in [0, 0.05) is 96.7 Å². The Morgan fingerprint density at radius 3 is 1.82 bits per heavy atom. The molecule has 17 heteroatoms. The Kier molecular flexibility index (Phi) is 15.2. The van der Waals surface area contributed by atoms with Crippen molar-refractivity contribution in [2.24, 2.45) is 0 Å². The van der Waals surface area contributed by atoms with Gasteiger partial charge in [-0.3, -0.25) is 4.55 Å². The lowest BCUT2D eigenvalue weighted by atomic mass is 9.82. The standard InChI is InChI=1S/C32H30N3O.C12H15NO.C8H5NO2.2CH4O3S.H2/c33-19-22-7-1-2-10-23(22)28-26-17-20-8-3-13-34-15-5-11-24(29(20)34)31(26)36-32-25-12-6-16-35-14-4-9-21(30(25)35)18-27(28)32;14-11-6-5-9-3-1-7-13-8-2-4-10(11)12(9)13;9-5-6-3-1-2-4-7(6)8(10)11;2*1-5(2,3)4;/h1-2,7,10,17-18H,3-6,8-9,11-16H2;5-6,14H,1-4,7-8H2;1-4H,(H,10,11);2*1H3,(H,2,3,4);1H/q+1;;;;;/p-1/i;;;;;1+1. The van der Waals surface area contributed by atoms with Crippen molar-refractivity contribution in [2.45, 2.75) is 77.0 Å². The van der Waals surface area contributed by atoms with Crippen molar-refractivity contribution in [3.05, 3.63) is 145 Å². The Hall–Kier alpha value is -6.76. The van der Waals surface area contributed by atoms with Gasteiger partial charge < -0.3 is 29.3 Å². The molecule has 0 spiro atoms. The minimum Gasteiger partial charge on any atom is -0.748 e. The number of ether oxygens (including phenoxy) is 1. The van der Waals surface area contributed by atoms with Gasteiger partial charge in [-0.25, -0.2) is 17.8 Å². The summed E-state index contributed by atoms with van der Waals surface area (Å²) in [6.07, 6.45) is 15.1. The maximum absolute atomic E-state index is 10.4. The van der Waals surface area contributed by atoms with Gasteiger partial charge in [0.15, 0.2) is 0 Å². The van der Waals surface area contributed by atoms with Crippen molar-refractivity contribution >= 4 is 43.2 Å². The van der Waals surface area contributed by atoms with E-state index in [1.807, 2.05) is 18.2 Å². The van der Waals surface area contributed by atoms with Gasteiger partial charge in [-0.2, -0.15) is 18.9 Å². The van der Waals surface area contributed by atoms with Gasteiger partial charge in [0.2, 0.25) is 5.36 Å². The molecule has 372 valence electrons. The second kappa shape index (κ2) is 21.3. The molecule has 0 amide bonds. The molecule has 7 aliphatic rings. The van der Waals surface area contributed by atoms with E-state index in [1.54, 1.807) is 18.2 Å². The monoisotopic (exact) mass is 1000 g/mol. The van der Waals surface area contributed by atoms with Crippen LogP contribution in [0.3, 0.4) is 0 Å². The van der Waals surface area contributed by atoms with Crippen LogP contribution in [-0.2, 0) is 58.8 Å². The van der Waals surface area contributed by atoms with E-state index in [4.69, 9.17) is 32.6 Å². The van der Waals surface area contributed by atoms with Crippen LogP contribution in [0.2, 0.25) is 0 Å². The molecule has 0 saturated carbocycles. The summed E-state index contributed by atoms with van der Waals surface area (Å²) in [6, 6.07) is 27.3. The molecule has 0 saturated heterocycles. The summed E-state index contributed by atoms with van der Waals surface area (Å²) >= 11 is 0. The van der Waals surface area contributed by atoms with Crippen LogP contribution in [0.4, 0.5) is 11.4 Å². The largest absolute Gasteiger partial charge is 0.748 e. The summed E-state index contributed by atoms with van der Waals surface area (Å²) < 4.78 is 62.8. The van der Waals surface area contributed by atoms with Crippen LogP contribution in [0.5, 0.6) is 17.2 Å². The molecule has 71 heavy (non-hydrogen) atoms. The number of anilines is 2. The molecule has 7 heterocycles. The number of hydrogen-bond donors (Lipinski definition) is 3. The van der Waals surface area contributed by atoms with Gasteiger partial charge in [-0.05, 0) is 112 Å². The second-order valence-electron chi connectivity index (χ2n) is 18.7. The topological polar surface area (TPSA) is 235 Å². The number of aryl methyl sites for hydroxylation is 3. The van der Waals surface area contributed by atoms with E-state index in [0.717, 1.165) is 80.9 Å². The first kappa shape index (κ1) is 50.6. The van der Waals surface area contributed by atoms with E-state index in [2.05, 4.69) is 50.8 Å². The lowest BCUT2D eigenvalue weighted by Gasteiger charge is -2.39. The van der Waals surface area contributed by atoms with Crippen LogP contribution in [0.25, 0.3) is 5.57 Å². The van der Waals surface area contributed by atoms with Crippen molar-refractivity contribution < 1.29 is 47.1 Å². The van der Waals surface area contributed by atoms with Crippen LogP contribution < -0.4 is 29.7 Å². The zero-order valence-corrected chi connectivity index (χ0v) is 41.5. The molecule has 0 atom stereocenters. The average molecular weight is 1000 g/mol. The molecule has 0 radical (unpaired) electrons. The minimum absolute atomic E-state index is 0. The van der Waals surface area contributed by atoms with Crippen molar-refractivity contribution in [3.8, 4) is 29.4 Å². The summed E-state index contributed by atoms with van der Waals surface area (Å²) in [5, 5.41) is 39.5. The minimum atomic E-state index is -3.92. The Bertz CT molecular complexity index is 3330. The molecular formula is C54H59N5O10S2. The number of carbonyl (C=O) groups is 1. The number of carboxylic acids is 1. The molecule has 5 aromatic carbocycles. The number of carboxylic acid groups (broad SMARTS) is 1. The van der Waals surface area contributed by atoms with E-state index in [0.29, 0.717) is 18.3 Å². The Morgan fingerprint density at radius 1 is 0.676 bits per heavy atom. The lowest BCUT2D eigenvalue weighted by Crippen LogP contribution is -2.45. The normalized spacial score (nSPS) is 16.4. The van der Waals surface area contributed by atoms with Gasteiger partial charge in [0.1, 0.15) is 36.4 Å². The zero-order valence-electron chi connectivity index (χ0n) is 39.9. The van der Waals surface area contributed by atoms with Crippen LogP contribution in [-0.4, -0.2) is 93.9 Å². The molecule has 0 unspecified atom stereocenters. The number of fused-ring (bicyclic) bond motifs is 4. The average Bonchev–Trinajstić information content (AvgIpc) is 3.34. The summed E-state index contributed by atoms with van der Waals surface area (Å²) in [6.45, 7) is 6.94. The molecule has 0 aromatic heterocycles. The number of nitrogens with zero attached hydrogens (tertiary/aromatic N) is 5. The number of hydrogen-bond acceptors (Lipinski definition) is 12. The predicted octanol–water partition coefficient (Wildman–Crippen LogP) is 6.25. The van der Waals surface area contributed by atoms with Gasteiger partial charge in [0.05, 0.1) is 44.7 Å². The second-order valence-corrected chi connectivity index (χ2v) is 21.5. The predicted molar refractivity (Wildman–Crippen MR) is 272 cm³/mol. The van der Waals surface area contributed by atoms with Gasteiger partial charge in [-0.1, -0.05) is 36.4 Å².